The van der Waals surface area contributed by atoms with Gasteiger partial charge in [-0.05, 0) is 44.2 Å². The second-order valence-electron chi connectivity index (χ2n) is 7.23. The van der Waals surface area contributed by atoms with Crippen LogP contribution in [0.4, 0.5) is 16.2 Å². The van der Waals surface area contributed by atoms with Crippen LogP contribution in [0.2, 0.25) is 5.02 Å². The van der Waals surface area contributed by atoms with Gasteiger partial charge in [-0.1, -0.05) is 53.2 Å². The average molecular weight is 478 g/mol. The molecule has 0 bridgehead atoms. The Morgan fingerprint density at radius 3 is 2.53 bits per heavy atom. The molecule has 2 aromatic heterocycles. The van der Waals surface area contributed by atoms with E-state index in [1.165, 1.54) is 11.0 Å². The minimum Gasteiger partial charge on any atom is -0.477 e. The molecule has 1 amide bonds. The number of ether oxygens (including phenoxy) is 1. The maximum absolute atomic E-state index is 13.0. The number of hydrogen-bond acceptors (Lipinski definition) is 6. The third-order valence-electron chi connectivity index (χ3n) is 4.99. The molecule has 0 aliphatic carbocycles. The third kappa shape index (κ3) is 4.49. The van der Waals surface area contributed by atoms with Crippen LogP contribution >= 0.6 is 11.6 Å². The predicted octanol–water partition coefficient (Wildman–Crippen LogP) is 6.36. The molecular formula is C25H20ClN3O5. The number of hydrogen-bond donors (Lipinski definition) is 1. The van der Waals surface area contributed by atoms with Crippen LogP contribution in [0.15, 0.2) is 71.3 Å². The molecule has 0 fully saturated rings. The van der Waals surface area contributed by atoms with Gasteiger partial charge in [0, 0.05) is 11.1 Å². The first-order valence-electron chi connectivity index (χ1n) is 10.4. The van der Waals surface area contributed by atoms with Gasteiger partial charge in [-0.15, -0.1) is 0 Å². The minimum atomic E-state index is -1.11. The second-order valence-corrected chi connectivity index (χ2v) is 7.63. The lowest BCUT2D eigenvalue weighted by Crippen LogP contribution is -2.27. The molecule has 34 heavy (non-hydrogen) atoms. The van der Waals surface area contributed by atoms with Crippen LogP contribution in [0.5, 0.6) is 0 Å². The summed E-state index contributed by atoms with van der Waals surface area (Å²) in [6, 6.07) is 18.8. The lowest BCUT2D eigenvalue weighted by molar-refractivity contribution is 0.0690. The van der Waals surface area contributed by atoms with Gasteiger partial charge in [0.1, 0.15) is 17.1 Å². The zero-order chi connectivity index (χ0) is 24.2. The Bertz CT molecular complexity index is 1370. The molecule has 0 aliphatic heterocycles. The van der Waals surface area contributed by atoms with Crippen molar-refractivity contribution in [3.8, 4) is 22.6 Å². The maximum Gasteiger partial charge on any atom is 0.419 e. The van der Waals surface area contributed by atoms with Crippen molar-refractivity contribution in [2.24, 2.45) is 0 Å². The Balaban J connectivity index is 1.85. The van der Waals surface area contributed by atoms with E-state index >= 15 is 0 Å². The van der Waals surface area contributed by atoms with Crippen molar-refractivity contribution in [2.45, 2.75) is 13.8 Å². The number of carbonyl (C=O) groups is 2. The number of halogens is 1. The van der Waals surface area contributed by atoms with Crippen LogP contribution in [0.25, 0.3) is 22.6 Å². The Labute approximate surface area is 200 Å². The molecule has 0 radical (unpaired) electrons. The molecule has 0 unspecified atom stereocenters. The van der Waals surface area contributed by atoms with Gasteiger partial charge in [0.25, 0.3) is 0 Å². The smallest absolute Gasteiger partial charge is 0.419 e. The molecule has 0 saturated heterocycles. The van der Waals surface area contributed by atoms with E-state index in [1.54, 1.807) is 74.5 Å². The fraction of sp³-hybridized carbons (Fsp3) is 0.120. The van der Waals surface area contributed by atoms with Gasteiger partial charge in [-0.25, -0.2) is 19.5 Å². The fourth-order valence-electron chi connectivity index (χ4n) is 3.48. The summed E-state index contributed by atoms with van der Waals surface area (Å²) in [6.07, 6.45) is -0.630. The van der Waals surface area contributed by atoms with E-state index < -0.39 is 12.1 Å². The summed E-state index contributed by atoms with van der Waals surface area (Å²) in [4.78, 5) is 29.9. The van der Waals surface area contributed by atoms with Gasteiger partial charge >= 0.3 is 12.1 Å². The monoisotopic (exact) mass is 477 g/mol. The molecule has 1 N–H and O–H groups in total. The van der Waals surface area contributed by atoms with E-state index in [0.29, 0.717) is 44.7 Å². The van der Waals surface area contributed by atoms with E-state index in [-0.39, 0.29) is 12.3 Å². The Hall–Kier alpha value is -4.17. The standard InChI is InChI=1S/C25H20ClN3O5/c1-3-33-25(32)29(21-13-5-4-10-18(21)26)22-15(2)28-34-23(22)17-9-6-8-16(14-17)19-11-7-12-20(27-19)24(30)31/h4-14H,3H2,1-2H3,(H,30,31). The maximum atomic E-state index is 13.0. The highest BCUT2D eigenvalue weighted by Crippen LogP contribution is 2.41. The highest BCUT2D eigenvalue weighted by Gasteiger charge is 2.30. The number of pyridine rings is 1. The number of amides is 1. The van der Waals surface area contributed by atoms with Crippen LogP contribution < -0.4 is 4.90 Å². The van der Waals surface area contributed by atoms with Gasteiger partial charge in [-0.3, -0.25) is 0 Å². The molecule has 0 spiro atoms. The van der Waals surface area contributed by atoms with Crippen molar-refractivity contribution in [3.63, 3.8) is 0 Å². The number of rotatable bonds is 6. The Morgan fingerprint density at radius 2 is 1.79 bits per heavy atom. The highest BCUT2D eigenvalue weighted by molar-refractivity contribution is 6.34. The Morgan fingerprint density at radius 1 is 1.06 bits per heavy atom. The summed E-state index contributed by atoms with van der Waals surface area (Å²) in [5.74, 6) is -0.794. The number of aryl methyl sites for hydroxylation is 1. The van der Waals surface area contributed by atoms with E-state index in [2.05, 4.69) is 10.1 Å². The van der Waals surface area contributed by atoms with Crippen molar-refractivity contribution < 1.29 is 24.0 Å². The van der Waals surface area contributed by atoms with Crippen molar-refractivity contribution in [3.05, 3.63) is 83.1 Å². The zero-order valence-electron chi connectivity index (χ0n) is 18.4. The van der Waals surface area contributed by atoms with Crippen molar-refractivity contribution in [1.29, 1.82) is 0 Å². The molecular weight excluding hydrogens is 458 g/mol. The van der Waals surface area contributed by atoms with Gasteiger partial charge in [0.05, 0.1) is 23.0 Å². The molecule has 4 aromatic rings. The second kappa shape index (κ2) is 9.76. The molecule has 4 rings (SSSR count). The number of carboxylic acid groups (broad SMARTS) is 1. The highest BCUT2D eigenvalue weighted by atomic mass is 35.5. The molecule has 0 saturated carbocycles. The van der Waals surface area contributed by atoms with Crippen molar-refractivity contribution in [1.82, 2.24) is 10.1 Å². The van der Waals surface area contributed by atoms with E-state index in [1.807, 2.05) is 0 Å². The number of aromatic nitrogens is 2. The van der Waals surface area contributed by atoms with Crippen molar-refractivity contribution in [2.75, 3.05) is 11.5 Å². The number of nitrogens with zero attached hydrogens (tertiary/aromatic N) is 3. The van der Waals surface area contributed by atoms with Crippen LogP contribution in [0, 0.1) is 6.92 Å². The van der Waals surface area contributed by atoms with E-state index in [0.717, 1.165) is 0 Å². The number of para-hydroxylation sites is 1. The topological polar surface area (TPSA) is 106 Å². The van der Waals surface area contributed by atoms with Gasteiger partial charge in [-0.2, -0.15) is 0 Å². The first kappa shape index (κ1) is 23.0. The van der Waals surface area contributed by atoms with E-state index in [9.17, 15) is 14.7 Å². The summed E-state index contributed by atoms with van der Waals surface area (Å²) in [5.41, 5.74) is 2.95. The van der Waals surface area contributed by atoms with Crippen LogP contribution in [0.1, 0.15) is 23.1 Å². The van der Waals surface area contributed by atoms with Crippen molar-refractivity contribution >= 4 is 35.0 Å². The number of carbonyl (C=O) groups excluding carboxylic acids is 1. The minimum absolute atomic E-state index is 0.0636. The molecule has 8 nitrogen and oxygen atoms in total. The molecule has 2 aromatic carbocycles. The summed E-state index contributed by atoms with van der Waals surface area (Å²) in [6.45, 7) is 3.60. The molecule has 172 valence electrons. The summed E-state index contributed by atoms with van der Waals surface area (Å²) < 4.78 is 11.0. The number of aromatic carboxylic acids is 1. The zero-order valence-corrected chi connectivity index (χ0v) is 19.1. The molecule has 2 heterocycles. The Kier molecular flexibility index (Phi) is 6.60. The van der Waals surface area contributed by atoms with Crippen LogP contribution in [-0.4, -0.2) is 33.9 Å². The lowest BCUT2D eigenvalue weighted by atomic mass is 10.0. The molecule has 0 aliphatic rings. The summed E-state index contributed by atoms with van der Waals surface area (Å²) >= 11 is 6.42. The van der Waals surface area contributed by atoms with Gasteiger partial charge in [0.15, 0.2) is 5.76 Å². The normalized spacial score (nSPS) is 10.7. The van der Waals surface area contributed by atoms with E-state index in [4.69, 9.17) is 20.9 Å². The first-order valence-corrected chi connectivity index (χ1v) is 10.8. The molecule has 0 atom stereocenters. The lowest BCUT2D eigenvalue weighted by Gasteiger charge is -2.23. The van der Waals surface area contributed by atoms with Gasteiger partial charge in [0.2, 0.25) is 0 Å². The predicted molar refractivity (Wildman–Crippen MR) is 127 cm³/mol. The first-order chi connectivity index (χ1) is 16.4. The average Bonchev–Trinajstić information content (AvgIpc) is 3.22. The van der Waals surface area contributed by atoms with Crippen LogP contribution in [0.3, 0.4) is 0 Å². The largest absolute Gasteiger partial charge is 0.477 e. The number of anilines is 2. The molecule has 9 heteroatoms. The number of carboxylic acids is 1. The summed E-state index contributed by atoms with van der Waals surface area (Å²) in [5, 5.41) is 13.7. The SMILES string of the molecule is CCOC(=O)N(c1ccccc1Cl)c1c(C)noc1-c1cccc(-c2cccc(C(=O)O)n2)c1. The van der Waals surface area contributed by atoms with Crippen LogP contribution in [-0.2, 0) is 4.74 Å². The summed E-state index contributed by atoms with van der Waals surface area (Å²) in [7, 11) is 0. The third-order valence-corrected chi connectivity index (χ3v) is 5.31. The fourth-order valence-corrected chi connectivity index (χ4v) is 3.70. The quantitative estimate of drug-likeness (QED) is 0.344. The number of benzene rings is 2. The van der Waals surface area contributed by atoms with Gasteiger partial charge < -0.3 is 14.4 Å².